The van der Waals surface area contributed by atoms with Crippen molar-refractivity contribution in [2.24, 2.45) is 23.7 Å². The van der Waals surface area contributed by atoms with Crippen molar-refractivity contribution in [2.45, 2.75) is 52.9 Å². The summed E-state index contributed by atoms with van der Waals surface area (Å²) < 4.78 is 0. The molecular formula is C38H41N7. The maximum atomic E-state index is 4.61. The molecule has 6 aromatic rings. The van der Waals surface area contributed by atoms with Gasteiger partial charge in [0.15, 0.2) is 0 Å². The summed E-state index contributed by atoms with van der Waals surface area (Å²) in [5.41, 5.74) is 10.3. The molecule has 3 aromatic carbocycles. The van der Waals surface area contributed by atoms with E-state index in [2.05, 4.69) is 130 Å². The van der Waals surface area contributed by atoms with Crippen molar-refractivity contribution in [3.8, 4) is 44.8 Å². The van der Waals surface area contributed by atoms with Gasteiger partial charge in [-0.1, -0.05) is 88.4 Å². The first-order valence-electron chi connectivity index (χ1n) is 16.3. The molecule has 3 heterocycles. The summed E-state index contributed by atoms with van der Waals surface area (Å²) in [5.74, 6) is 4.97. The van der Waals surface area contributed by atoms with E-state index in [4.69, 9.17) is 0 Å². The summed E-state index contributed by atoms with van der Waals surface area (Å²) in [6.07, 6.45) is 5.91. The third kappa shape index (κ3) is 5.30. The maximum absolute atomic E-state index is 4.61. The number of H-pyrrole nitrogens is 3. The number of rotatable bonds is 10. The van der Waals surface area contributed by atoms with Gasteiger partial charge in [0.1, 0.15) is 11.6 Å². The predicted molar refractivity (Wildman–Crippen MR) is 182 cm³/mol. The summed E-state index contributed by atoms with van der Waals surface area (Å²) in [6.45, 7) is 10.8. The van der Waals surface area contributed by atoms with Crippen LogP contribution in [-0.4, -0.2) is 37.0 Å². The van der Waals surface area contributed by atoms with Gasteiger partial charge in [0.05, 0.1) is 42.4 Å². The van der Waals surface area contributed by atoms with Gasteiger partial charge in [-0.25, -0.2) is 9.97 Å². The van der Waals surface area contributed by atoms with Crippen molar-refractivity contribution in [3.05, 3.63) is 97.0 Å². The highest BCUT2D eigenvalue weighted by molar-refractivity contribution is 6.03. The minimum absolute atomic E-state index is 0.608. The molecule has 228 valence electrons. The second-order valence-corrected chi connectivity index (χ2v) is 13.3. The molecule has 0 bridgehead atoms. The van der Waals surface area contributed by atoms with Gasteiger partial charge in [-0.15, -0.1) is 0 Å². The highest BCUT2D eigenvalue weighted by atomic mass is 15.0. The van der Waals surface area contributed by atoms with Gasteiger partial charge in [-0.3, -0.25) is 0 Å². The van der Waals surface area contributed by atoms with E-state index < -0.39 is 0 Å². The summed E-state index contributed by atoms with van der Waals surface area (Å²) >= 11 is 0. The van der Waals surface area contributed by atoms with E-state index in [9.17, 15) is 0 Å². The molecule has 2 aliphatic carbocycles. The zero-order valence-electron chi connectivity index (χ0n) is 26.4. The average Bonchev–Trinajstić information content (AvgIpc) is 3.58. The van der Waals surface area contributed by atoms with Crippen molar-refractivity contribution >= 4 is 10.9 Å². The van der Waals surface area contributed by atoms with Crippen molar-refractivity contribution in [2.75, 3.05) is 0 Å². The Labute approximate surface area is 264 Å². The largest absolute Gasteiger partial charge is 0.361 e. The van der Waals surface area contributed by atoms with Crippen molar-refractivity contribution in [1.82, 2.24) is 35.6 Å². The zero-order chi connectivity index (χ0) is 30.7. The van der Waals surface area contributed by atoms with Gasteiger partial charge in [0.2, 0.25) is 0 Å². The highest BCUT2D eigenvalue weighted by Gasteiger charge is 2.42. The van der Waals surface area contributed by atoms with Crippen LogP contribution in [0.5, 0.6) is 0 Å². The number of imidazole rings is 2. The van der Waals surface area contributed by atoms with E-state index in [1.54, 1.807) is 0 Å². The fraction of sp³-hybridized carbons (Fsp3) is 0.316. The lowest BCUT2D eigenvalue weighted by atomic mass is 9.95. The van der Waals surface area contributed by atoms with E-state index in [0.29, 0.717) is 12.1 Å². The van der Waals surface area contributed by atoms with E-state index in [-0.39, 0.29) is 0 Å². The number of aromatic amines is 3. The van der Waals surface area contributed by atoms with Gasteiger partial charge in [0, 0.05) is 29.2 Å². The molecule has 2 fully saturated rings. The van der Waals surface area contributed by atoms with Crippen molar-refractivity contribution < 1.29 is 0 Å². The Morgan fingerprint density at radius 2 is 1.00 bits per heavy atom. The molecule has 2 saturated carbocycles. The molecule has 4 unspecified atom stereocenters. The number of nitrogens with one attached hydrogen (secondary N) is 5. The Bertz CT molecular complexity index is 1790. The lowest BCUT2D eigenvalue weighted by molar-refractivity contribution is 0.622. The lowest BCUT2D eigenvalue weighted by Gasteiger charge is -2.10. The Morgan fingerprint density at radius 3 is 1.49 bits per heavy atom. The molecule has 2 aliphatic rings. The van der Waals surface area contributed by atoms with Gasteiger partial charge in [-0.2, -0.15) is 0 Å². The van der Waals surface area contributed by atoms with Crippen LogP contribution in [0.2, 0.25) is 0 Å². The molecular weight excluding hydrogens is 554 g/mol. The highest BCUT2D eigenvalue weighted by Crippen LogP contribution is 2.39. The van der Waals surface area contributed by atoms with E-state index in [0.717, 1.165) is 76.4 Å². The molecule has 0 amide bonds. The van der Waals surface area contributed by atoms with Crippen LogP contribution < -0.4 is 10.6 Å². The van der Waals surface area contributed by atoms with Crippen molar-refractivity contribution in [3.63, 3.8) is 0 Å². The molecule has 3 aromatic heterocycles. The van der Waals surface area contributed by atoms with Crippen LogP contribution in [0.3, 0.4) is 0 Å². The van der Waals surface area contributed by atoms with Gasteiger partial charge in [-0.05, 0) is 57.6 Å². The number of fused-ring (bicyclic) bond motifs is 1. The van der Waals surface area contributed by atoms with Gasteiger partial charge in [0.25, 0.3) is 0 Å². The average molecular weight is 596 g/mol. The van der Waals surface area contributed by atoms with Crippen LogP contribution in [0, 0.1) is 23.7 Å². The van der Waals surface area contributed by atoms with Crippen LogP contribution in [0.15, 0.2) is 85.3 Å². The van der Waals surface area contributed by atoms with Crippen molar-refractivity contribution in [1.29, 1.82) is 0 Å². The Morgan fingerprint density at radius 1 is 0.556 bits per heavy atom. The SMILES string of the molecule is CC1C(NCc2ncc(-c3ccc(-c4ccc(-c5ccc(-c6cnc(CNC7C(C)[C@H]7C)[nH]6)cc5)c5[nH]ccc45)cc3)[nH]2)[C@@H]1C. The first kappa shape index (κ1) is 28.0. The molecule has 45 heavy (non-hydrogen) atoms. The molecule has 7 heteroatoms. The monoisotopic (exact) mass is 595 g/mol. The molecule has 5 N–H and O–H groups in total. The second kappa shape index (κ2) is 11.2. The molecule has 0 saturated heterocycles. The third-order valence-electron chi connectivity index (χ3n) is 10.6. The summed E-state index contributed by atoms with van der Waals surface area (Å²) in [7, 11) is 0. The molecule has 7 nitrogen and oxygen atoms in total. The molecule has 0 spiro atoms. The lowest BCUT2D eigenvalue weighted by Crippen LogP contribution is -2.19. The summed E-state index contributed by atoms with van der Waals surface area (Å²) in [4.78, 5) is 19.7. The van der Waals surface area contributed by atoms with Crippen LogP contribution in [-0.2, 0) is 13.1 Å². The quantitative estimate of drug-likeness (QED) is 0.112. The molecule has 6 atom stereocenters. The molecule has 0 radical (unpaired) electrons. The third-order valence-corrected chi connectivity index (χ3v) is 10.6. The fourth-order valence-electron chi connectivity index (χ4n) is 7.00. The second-order valence-electron chi connectivity index (χ2n) is 13.3. The number of benzene rings is 3. The molecule has 8 rings (SSSR count). The zero-order valence-corrected chi connectivity index (χ0v) is 26.4. The smallest absolute Gasteiger partial charge is 0.120 e. The number of hydrogen-bond donors (Lipinski definition) is 5. The normalized spacial score (nSPS) is 23.9. The summed E-state index contributed by atoms with van der Waals surface area (Å²) in [5, 5.41) is 8.45. The Balaban J connectivity index is 0.969. The van der Waals surface area contributed by atoms with E-state index in [1.165, 1.54) is 27.6 Å². The van der Waals surface area contributed by atoms with Crippen LogP contribution in [0.4, 0.5) is 0 Å². The van der Waals surface area contributed by atoms with Gasteiger partial charge < -0.3 is 25.6 Å². The van der Waals surface area contributed by atoms with Gasteiger partial charge >= 0.3 is 0 Å². The maximum Gasteiger partial charge on any atom is 0.120 e. The van der Waals surface area contributed by atoms with Crippen LogP contribution in [0.1, 0.15) is 39.3 Å². The number of nitrogens with zero attached hydrogens (tertiary/aromatic N) is 2. The topological polar surface area (TPSA) is 97.2 Å². The van der Waals surface area contributed by atoms with Crippen LogP contribution in [0.25, 0.3) is 55.7 Å². The first-order chi connectivity index (χ1) is 21.9. The predicted octanol–water partition coefficient (Wildman–Crippen LogP) is 7.77. The minimum atomic E-state index is 0.608. The standard InChI is InChI=1S/C38H41N7/c1-21-22(2)36(21)42-19-34-40-17-32(44-34)27-9-5-25(6-10-27)29-13-14-30(38-31(29)15-16-39-38)26-7-11-28(12-8-26)33-18-41-35(45-33)20-43-37-23(3)24(37)4/h5-18,21-24,36-37,39,42-43H,19-20H2,1-4H3,(H,40,44)(H,41,45)/t21-,22?,23-,24?,36?,37?/m1/s1. The fourth-order valence-corrected chi connectivity index (χ4v) is 7.00. The van der Waals surface area contributed by atoms with E-state index >= 15 is 0 Å². The number of aromatic nitrogens is 5. The Hall–Kier alpha value is -4.46. The summed E-state index contributed by atoms with van der Waals surface area (Å²) in [6, 6.07) is 25.4. The van der Waals surface area contributed by atoms with Crippen LogP contribution >= 0.6 is 0 Å². The minimum Gasteiger partial charge on any atom is -0.361 e. The molecule has 0 aliphatic heterocycles. The van der Waals surface area contributed by atoms with E-state index in [1.807, 2.05) is 18.6 Å². The number of hydrogen-bond acceptors (Lipinski definition) is 4. The Kier molecular flexibility index (Phi) is 6.96. The first-order valence-corrected chi connectivity index (χ1v) is 16.3.